The summed E-state index contributed by atoms with van der Waals surface area (Å²) in [5, 5.41) is 19.9. The summed E-state index contributed by atoms with van der Waals surface area (Å²) in [5.41, 5.74) is 1.35. The van der Waals surface area contributed by atoms with Crippen molar-refractivity contribution < 1.29 is 14.6 Å². The minimum atomic E-state index is -0.902. The monoisotopic (exact) mass is 368 g/mol. The number of aromatic hydroxyl groups is 1. The largest absolute Gasteiger partial charge is 0.494 e. The van der Waals surface area contributed by atoms with Gasteiger partial charge in [0, 0.05) is 6.04 Å². The van der Waals surface area contributed by atoms with E-state index in [1.54, 1.807) is 20.8 Å². The molecule has 1 atom stereocenters. The summed E-state index contributed by atoms with van der Waals surface area (Å²) in [6.45, 7) is 10.3. The predicted octanol–water partition coefficient (Wildman–Crippen LogP) is 3.58. The lowest BCUT2D eigenvalue weighted by atomic mass is 9.98. The lowest BCUT2D eigenvalue weighted by molar-refractivity contribution is 0.0812. The Labute approximate surface area is 158 Å². The van der Waals surface area contributed by atoms with E-state index in [2.05, 4.69) is 0 Å². The number of ether oxygens (including phenoxy) is 1. The molecule has 27 heavy (non-hydrogen) atoms. The number of pyridine rings is 1. The molecule has 1 N–H and O–H groups in total. The molecule has 0 amide bonds. The summed E-state index contributed by atoms with van der Waals surface area (Å²) < 4.78 is 6.83. The van der Waals surface area contributed by atoms with Gasteiger partial charge in [-0.25, -0.2) is 0 Å². The molecule has 1 aromatic carbocycles. The molecule has 0 aliphatic carbocycles. The molecule has 1 heterocycles. The molecule has 2 rings (SSSR count). The summed E-state index contributed by atoms with van der Waals surface area (Å²) in [6.07, 6.45) is -0.902. The van der Waals surface area contributed by atoms with Gasteiger partial charge in [0.2, 0.25) is 11.7 Å². The zero-order chi connectivity index (χ0) is 20.5. The summed E-state index contributed by atoms with van der Waals surface area (Å²) >= 11 is 0. The maximum absolute atomic E-state index is 13.0. The molecule has 0 saturated carbocycles. The second-order valence-corrected chi connectivity index (χ2v) is 7.03. The van der Waals surface area contributed by atoms with Crippen molar-refractivity contribution in [3.63, 3.8) is 0 Å². The maximum atomic E-state index is 13.0. The SMILES string of the molecule is Cc1cc(C)cc(OC(C)C(=O)c2c(C)c(C#N)c(=O)n(C(C)C)c2O)c1. The van der Waals surface area contributed by atoms with Gasteiger partial charge in [-0.3, -0.25) is 14.2 Å². The normalized spacial score (nSPS) is 11.9. The van der Waals surface area contributed by atoms with Crippen LogP contribution in [0, 0.1) is 32.1 Å². The summed E-state index contributed by atoms with van der Waals surface area (Å²) in [7, 11) is 0. The number of Topliss-reactive ketones (excluding diaryl/α,β-unsaturated/α-hetero) is 1. The fourth-order valence-electron chi connectivity index (χ4n) is 3.16. The van der Waals surface area contributed by atoms with Crippen molar-refractivity contribution in [2.75, 3.05) is 0 Å². The smallest absolute Gasteiger partial charge is 0.271 e. The number of aryl methyl sites for hydroxylation is 2. The fourth-order valence-corrected chi connectivity index (χ4v) is 3.16. The number of rotatable bonds is 5. The Morgan fingerprint density at radius 3 is 2.19 bits per heavy atom. The molecule has 0 aliphatic rings. The minimum absolute atomic E-state index is 0.0586. The maximum Gasteiger partial charge on any atom is 0.271 e. The van der Waals surface area contributed by atoms with E-state index in [0.717, 1.165) is 15.7 Å². The summed E-state index contributed by atoms with van der Waals surface area (Å²) in [6, 6.07) is 7.07. The first-order valence-electron chi connectivity index (χ1n) is 8.75. The van der Waals surface area contributed by atoms with Crippen molar-refractivity contribution in [2.45, 2.75) is 53.7 Å². The highest BCUT2D eigenvalue weighted by Crippen LogP contribution is 2.27. The van der Waals surface area contributed by atoms with Crippen LogP contribution >= 0.6 is 0 Å². The van der Waals surface area contributed by atoms with Crippen molar-refractivity contribution in [1.29, 1.82) is 5.26 Å². The van der Waals surface area contributed by atoms with Gasteiger partial charge < -0.3 is 9.84 Å². The van der Waals surface area contributed by atoms with Crippen LogP contribution in [0.15, 0.2) is 23.0 Å². The van der Waals surface area contributed by atoms with Crippen molar-refractivity contribution in [3.05, 3.63) is 56.4 Å². The molecule has 0 spiro atoms. The van der Waals surface area contributed by atoms with Gasteiger partial charge in [0.05, 0.1) is 5.56 Å². The predicted molar refractivity (Wildman–Crippen MR) is 103 cm³/mol. The van der Waals surface area contributed by atoms with E-state index in [0.29, 0.717) is 5.75 Å². The Balaban J connectivity index is 2.53. The first kappa shape index (κ1) is 20.2. The van der Waals surface area contributed by atoms with Crippen LogP contribution in [0.1, 0.15) is 59.4 Å². The number of benzene rings is 1. The molecule has 6 heteroatoms. The van der Waals surface area contributed by atoms with Gasteiger partial charge >= 0.3 is 0 Å². The van der Waals surface area contributed by atoms with Gasteiger partial charge in [0.15, 0.2) is 6.10 Å². The standard InChI is InChI=1S/C21H24N2O4/c1-11(2)23-20(25)17(10-22)14(5)18(21(23)26)19(24)15(6)27-16-8-12(3)7-13(4)9-16/h7-9,11,15,26H,1-6H3. The van der Waals surface area contributed by atoms with Crippen LogP contribution in [-0.2, 0) is 0 Å². The van der Waals surface area contributed by atoms with E-state index < -0.39 is 29.4 Å². The van der Waals surface area contributed by atoms with Crippen molar-refractivity contribution in [3.8, 4) is 17.7 Å². The third-order valence-corrected chi connectivity index (χ3v) is 4.39. The van der Waals surface area contributed by atoms with E-state index in [1.807, 2.05) is 38.1 Å². The first-order chi connectivity index (χ1) is 12.6. The number of nitrogens with zero attached hydrogens (tertiary/aromatic N) is 2. The van der Waals surface area contributed by atoms with E-state index in [-0.39, 0.29) is 16.7 Å². The highest BCUT2D eigenvalue weighted by atomic mass is 16.5. The average molecular weight is 368 g/mol. The Kier molecular flexibility index (Phi) is 5.75. The molecule has 0 aliphatic heterocycles. The summed E-state index contributed by atoms with van der Waals surface area (Å²) in [5.74, 6) is -0.384. The lowest BCUT2D eigenvalue weighted by Crippen LogP contribution is -2.31. The molecule has 0 bridgehead atoms. The van der Waals surface area contributed by atoms with Gasteiger partial charge in [0.1, 0.15) is 17.4 Å². The topological polar surface area (TPSA) is 92.3 Å². The highest BCUT2D eigenvalue weighted by Gasteiger charge is 2.28. The Morgan fingerprint density at radius 2 is 1.70 bits per heavy atom. The molecule has 0 radical (unpaired) electrons. The molecule has 142 valence electrons. The average Bonchev–Trinajstić information content (AvgIpc) is 2.53. The number of hydrogen-bond donors (Lipinski definition) is 1. The number of ketones is 1. The van der Waals surface area contributed by atoms with Crippen LogP contribution in [0.25, 0.3) is 0 Å². The summed E-state index contributed by atoms with van der Waals surface area (Å²) in [4.78, 5) is 25.4. The molecular formula is C21H24N2O4. The molecular weight excluding hydrogens is 344 g/mol. The van der Waals surface area contributed by atoms with Crippen LogP contribution in [0.5, 0.6) is 11.6 Å². The number of nitriles is 1. The number of hydrogen-bond acceptors (Lipinski definition) is 5. The lowest BCUT2D eigenvalue weighted by Gasteiger charge is -2.20. The molecule has 2 aromatic rings. The fraction of sp³-hybridized carbons (Fsp3) is 0.381. The van der Waals surface area contributed by atoms with Crippen LogP contribution in [0.2, 0.25) is 0 Å². The molecule has 6 nitrogen and oxygen atoms in total. The van der Waals surface area contributed by atoms with Gasteiger partial charge in [-0.05, 0) is 70.4 Å². The van der Waals surface area contributed by atoms with Crippen LogP contribution < -0.4 is 10.3 Å². The second kappa shape index (κ2) is 7.67. The van der Waals surface area contributed by atoms with Crippen LogP contribution in [-0.4, -0.2) is 21.6 Å². The van der Waals surface area contributed by atoms with Gasteiger partial charge in [-0.2, -0.15) is 5.26 Å². The van der Waals surface area contributed by atoms with E-state index >= 15 is 0 Å². The molecule has 1 aromatic heterocycles. The zero-order valence-corrected chi connectivity index (χ0v) is 16.5. The van der Waals surface area contributed by atoms with Gasteiger partial charge in [0.25, 0.3) is 5.56 Å². The quantitative estimate of drug-likeness (QED) is 0.814. The van der Waals surface area contributed by atoms with Crippen molar-refractivity contribution >= 4 is 5.78 Å². The van der Waals surface area contributed by atoms with E-state index in [1.165, 1.54) is 6.92 Å². The molecule has 0 fully saturated rings. The number of carbonyl (C=O) groups excluding carboxylic acids is 1. The highest BCUT2D eigenvalue weighted by molar-refractivity contribution is 6.03. The zero-order valence-electron chi connectivity index (χ0n) is 16.5. The van der Waals surface area contributed by atoms with E-state index in [4.69, 9.17) is 4.74 Å². The van der Waals surface area contributed by atoms with E-state index in [9.17, 15) is 20.0 Å². The Bertz CT molecular complexity index is 976. The van der Waals surface area contributed by atoms with Crippen LogP contribution in [0.3, 0.4) is 0 Å². The number of aromatic nitrogens is 1. The third kappa shape index (κ3) is 3.87. The van der Waals surface area contributed by atoms with Crippen LogP contribution in [0.4, 0.5) is 0 Å². The Morgan fingerprint density at radius 1 is 1.15 bits per heavy atom. The third-order valence-electron chi connectivity index (χ3n) is 4.39. The van der Waals surface area contributed by atoms with Gasteiger partial charge in [-0.15, -0.1) is 0 Å². The second-order valence-electron chi connectivity index (χ2n) is 7.03. The van der Waals surface area contributed by atoms with Crippen molar-refractivity contribution in [2.24, 2.45) is 0 Å². The molecule has 0 saturated heterocycles. The minimum Gasteiger partial charge on any atom is -0.494 e. The first-order valence-corrected chi connectivity index (χ1v) is 8.75. The van der Waals surface area contributed by atoms with Gasteiger partial charge in [-0.1, -0.05) is 6.07 Å². The molecule has 1 unspecified atom stereocenters. The number of carbonyl (C=O) groups is 1. The Hall–Kier alpha value is -3.07. The van der Waals surface area contributed by atoms with Crippen molar-refractivity contribution in [1.82, 2.24) is 4.57 Å².